The fourth-order valence-electron chi connectivity index (χ4n) is 4.88. The molecule has 1 unspecified atom stereocenters. The maximum Gasteiger partial charge on any atom is 0.410 e. The Morgan fingerprint density at radius 1 is 1.06 bits per heavy atom. The van der Waals surface area contributed by atoms with E-state index in [2.05, 4.69) is 25.4 Å². The van der Waals surface area contributed by atoms with Gasteiger partial charge in [-0.05, 0) is 53.0 Å². The molecule has 3 aliphatic rings. The molecule has 2 aliphatic heterocycles. The van der Waals surface area contributed by atoms with Crippen LogP contribution in [0.15, 0.2) is 4.99 Å². The number of hydrogen-bond donors (Lipinski definition) is 2. The number of carbonyl (C=O) groups is 1. The van der Waals surface area contributed by atoms with Crippen molar-refractivity contribution in [1.29, 1.82) is 0 Å². The van der Waals surface area contributed by atoms with E-state index in [0.29, 0.717) is 6.04 Å². The molecule has 1 atom stereocenters. The first-order valence-corrected chi connectivity index (χ1v) is 12.3. The molecular weight excluding hydrogens is 519 g/mol. The standard InChI is InChI=1S/C23H44N6O2.HI/c1-23(2,3)31-22(30)28-16-14-27(15-17-28)12-7-11-25-21(24-4)26-19-10-13-29(18-19)20-8-5-6-9-20;/h19-20H,5-18H2,1-4H3,(H2,24,25,26);1H. The molecule has 8 nitrogen and oxygen atoms in total. The molecule has 3 rings (SSSR count). The van der Waals surface area contributed by atoms with Gasteiger partial charge in [0.05, 0.1) is 0 Å². The van der Waals surface area contributed by atoms with Gasteiger partial charge in [0.25, 0.3) is 0 Å². The Labute approximate surface area is 211 Å². The summed E-state index contributed by atoms with van der Waals surface area (Å²) < 4.78 is 5.47. The summed E-state index contributed by atoms with van der Waals surface area (Å²) in [6, 6.07) is 1.32. The van der Waals surface area contributed by atoms with E-state index in [1.807, 2.05) is 32.7 Å². The Morgan fingerprint density at radius 2 is 1.75 bits per heavy atom. The molecule has 9 heteroatoms. The zero-order chi connectivity index (χ0) is 22.3. The van der Waals surface area contributed by atoms with E-state index in [4.69, 9.17) is 4.74 Å². The van der Waals surface area contributed by atoms with Gasteiger partial charge in [0, 0.05) is 64.9 Å². The third-order valence-corrected chi connectivity index (χ3v) is 6.59. The third-order valence-electron chi connectivity index (χ3n) is 6.59. The number of likely N-dealkylation sites (tertiary alicyclic amines) is 1. The number of hydrogen-bond acceptors (Lipinski definition) is 5. The molecule has 3 fully saturated rings. The highest BCUT2D eigenvalue weighted by atomic mass is 127. The largest absolute Gasteiger partial charge is 0.444 e. The molecule has 1 amide bonds. The van der Waals surface area contributed by atoms with Crippen LogP contribution in [0.4, 0.5) is 4.79 Å². The van der Waals surface area contributed by atoms with Crippen LogP contribution in [0.2, 0.25) is 0 Å². The van der Waals surface area contributed by atoms with E-state index in [1.54, 1.807) is 0 Å². The first-order valence-electron chi connectivity index (χ1n) is 12.3. The van der Waals surface area contributed by atoms with Gasteiger partial charge >= 0.3 is 6.09 Å². The summed E-state index contributed by atoms with van der Waals surface area (Å²) in [5.41, 5.74) is -0.431. The predicted molar refractivity (Wildman–Crippen MR) is 141 cm³/mol. The van der Waals surface area contributed by atoms with Crippen LogP contribution in [0, 0.1) is 0 Å². The predicted octanol–water partition coefficient (Wildman–Crippen LogP) is 2.73. The van der Waals surface area contributed by atoms with Crippen molar-refractivity contribution in [3.63, 3.8) is 0 Å². The van der Waals surface area contributed by atoms with Crippen LogP contribution in [0.3, 0.4) is 0 Å². The molecule has 0 bridgehead atoms. The van der Waals surface area contributed by atoms with Gasteiger partial charge in [-0.1, -0.05) is 12.8 Å². The van der Waals surface area contributed by atoms with Crippen LogP contribution in [-0.2, 0) is 4.74 Å². The Bertz CT molecular complexity index is 598. The Morgan fingerprint density at radius 3 is 2.38 bits per heavy atom. The average molecular weight is 565 g/mol. The number of piperazine rings is 1. The normalized spacial score (nSPS) is 23.8. The number of halogens is 1. The number of ether oxygens (including phenoxy) is 1. The number of carbonyl (C=O) groups excluding carboxylic acids is 1. The van der Waals surface area contributed by atoms with Crippen LogP contribution >= 0.6 is 24.0 Å². The molecule has 0 spiro atoms. The van der Waals surface area contributed by atoms with Crippen LogP contribution in [0.25, 0.3) is 0 Å². The van der Waals surface area contributed by atoms with Crippen LogP contribution in [-0.4, -0.2) is 104 Å². The van der Waals surface area contributed by atoms with Crippen molar-refractivity contribution in [2.24, 2.45) is 4.99 Å². The van der Waals surface area contributed by atoms with E-state index >= 15 is 0 Å². The Kier molecular flexibility index (Phi) is 11.3. The molecule has 1 aliphatic carbocycles. The topological polar surface area (TPSA) is 72.4 Å². The van der Waals surface area contributed by atoms with Gasteiger partial charge in [-0.2, -0.15) is 0 Å². The van der Waals surface area contributed by atoms with E-state index < -0.39 is 5.60 Å². The van der Waals surface area contributed by atoms with Crippen molar-refractivity contribution in [2.75, 3.05) is 59.4 Å². The highest BCUT2D eigenvalue weighted by Crippen LogP contribution is 2.26. The molecule has 32 heavy (non-hydrogen) atoms. The minimum absolute atomic E-state index is 0. The number of rotatable bonds is 6. The second-order valence-corrected chi connectivity index (χ2v) is 10.2. The highest BCUT2D eigenvalue weighted by Gasteiger charge is 2.30. The van der Waals surface area contributed by atoms with Gasteiger partial charge in [-0.3, -0.25) is 14.8 Å². The minimum Gasteiger partial charge on any atom is -0.444 e. The molecule has 0 aromatic carbocycles. The fraction of sp³-hybridized carbons (Fsp3) is 0.913. The molecule has 0 aromatic rings. The molecular formula is C23H45IN6O2. The number of guanidine groups is 1. The lowest BCUT2D eigenvalue weighted by atomic mass is 10.2. The van der Waals surface area contributed by atoms with Crippen molar-refractivity contribution in [3.8, 4) is 0 Å². The lowest BCUT2D eigenvalue weighted by molar-refractivity contribution is 0.0145. The van der Waals surface area contributed by atoms with Gasteiger partial charge in [-0.15, -0.1) is 24.0 Å². The summed E-state index contributed by atoms with van der Waals surface area (Å²) in [7, 11) is 1.86. The average Bonchev–Trinajstić information content (AvgIpc) is 3.41. The maximum absolute atomic E-state index is 12.2. The Balaban J connectivity index is 0.00000363. The van der Waals surface area contributed by atoms with Crippen LogP contribution < -0.4 is 10.6 Å². The monoisotopic (exact) mass is 564 g/mol. The van der Waals surface area contributed by atoms with Gasteiger partial charge in [-0.25, -0.2) is 4.79 Å². The van der Waals surface area contributed by atoms with E-state index in [0.717, 1.165) is 64.2 Å². The molecule has 2 N–H and O–H groups in total. The van der Waals surface area contributed by atoms with Gasteiger partial charge in [0.2, 0.25) is 0 Å². The quantitative estimate of drug-likeness (QED) is 0.224. The molecule has 1 saturated carbocycles. The minimum atomic E-state index is -0.431. The highest BCUT2D eigenvalue weighted by molar-refractivity contribution is 14.0. The van der Waals surface area contributed by atoms with Crippen molar-refractivity contribution < 1.29 is 9.53 Å². The summed E-state index contributed by atoms with van der Waals surface area (Å²) >= 11 is 0. The van der Waals surface area contributed by atoms with Crippen molar-refractivity contribution in [2.45, 2.75) is 77.0 Å². The lowest BCUT2D eigenvalue weighted by Crippen LogP contribution is -2.50. The summed E-state index contributed by atoms with van der Waals surface area (Å²) in [5.74, 6) is 0.924. The van der Waals surface area contributed by atoms with Crippen LogP contribution in [0.1, 0.15) is 59.3 Å². The summed E-state index contributed by atoms with van der Waals surface area (Å²) in [6.45, 7) is 13.3. The smallest absolute Gasteiger partial charge is 0.410 e. The molecule has 0 aromatic heterocycles. The van der Waals surface area contributed by atoms with Crippen LogP contribution in [0.5, 0.6) is 0 Å². The zero-order valence-corrected chi connectivity index (χ0v) is 22.9. The van der Waals surface area contributed by atoms with Gasteiger partial charge in [0.15, 0.2) is 5.96 Å². The Hall–Kier alpha value is -0.810. The first-order chi connectivity index (χ1) is 14.8. The van der Waals surface area contributed by atoms with Gasteiger partial charge < -0.3 is 20.3 Å². The molecule has 0 radical (unpaired) electrons. The zero-order valence-electron chi connectivity index (χ0n) is 20.6. The number of amides is 1. The van der Waals surface area contributed by atoms with E-state index in [-0.39, 0.29) is 30.1 Å². The van der Waals surface area contributed by atoms with Crippen molar-refractivity contribution in [3.05, 3.63) is 0 Å². The molecule has 2 saturated heterocycles. The fourth-order valence-corrected chi connectivity index (χ4v) is 4.88. The number of nitrogens with one attached hydrogen (secondary N) is 2. The number of nitrogens with zero attached hydrogens (tertiary/aromatic N) is 4. The van der Waals surface area contributed by atoms with E-state index in [9.17, 15) is 4.79 Å². The second kappa shape index (κ2) is 13.2. The number of aliphatic imine (C=N–C) groups is 1. The molecule has 186 valence electrons. The third kappa shape index (κ3) is 8.85. The summed E-state index contributed by atoms with van der Waals surface area (Å²) in [5, 5.41) is 7.10. The maximum atomic E-state index is 12.2. The van der Waals surface area contributed by atoms with Crippen molar-refractivity contribution >= 4 is 36.0 Å². The van der Waals surface area contributed by atoms with E-state index in [1.165, 1.54) is 38.6 Å². The summed E-state index contributed by atoms with van der Waals surface area (Å²) in [4.78, 5) is 23.5. The lowest BCUT2D eigenvalue weighted by Gasteiger charge is -2.35. The first kappa shape index (κ1) is 27.4. The van der Waals surface area contributed by atoms with Gasteiger partial charge in [0.1, 0.15) is 5.60 Å². The summed E-state index contributed by atoms with van der Waals surface area (Å²) in [6.07, 6.45) is 7.64. The second-order valence-electron chi connectivity index (χ2n) is 10.2. The SMILES string of the molecule is CN=C(NCCCN1CCN(C(=O)OC(C)(C)C)CC1)NC1CCN(C2CCCC2)C1.I. The van der Waals surface area contributed by atoms with Crippen molar-refractivity contribution in [1.82, 2.24) is 25.3 Å². The molecule has 2 heterocycles.